The summed E-state index contributed by atoms with van der Waals surface area (Å²) in [6.45, 7) is 6.77. The lowest BCUT2D eigenvalue weighted by atomic mass is 9.67. The predicted molar refractivity (Wildman–Crippen MR) is 92.8 cm³/mol. The molecule has 2 aliphatic rings. The Hall–Kier alpha value is -1.06. The van der Waals surface area contributed by atoms with E-state index in [4.69, 9.17) is 16.3 Å². The summed E-state index contributed by atoms with van der Waals surface area (Å²) < 4.78 is 5.92. The van der Waals surface area contributed by atoms with Crippen LogP contribution in [0.15, 0.2) is 24.3 Å². The lowest BCUT2D eigenvalue weighted by Crippen LogP contribution is -2.46. The molecular weight excluding hydrogens is 310 g/mol. The molecule has 0 aromatic heterocycles. The summed E-state index contributed by atoms with van der Waals surface area (Å²) >= 11 is 6.06. The third kappa shape index (κ3) is 3.72. The summed E-state index contributed by atoms with van der Waals surface area (Å²) in [4.78, 5) is 14.9. The van der Waals surface area contributed by atoms with Crippen LogP contribution < -0.4 is 0 Å². The van der Waals surface area contributed by atoms with Crippen molar-refractivity contribution in [3.05, 3.63) is 34.9 Å². The Morgan fingerprint density at radius 3 is 2.48 bits per heavy atom. The first-order valence-electron chi connectivity index (χ1n) is 8.58. The van der Waals surface area contributed by atoms with Gasteiger partial charge in [0.25, 0.3) is 0 Å². The summed E-state index contributed by atoms with van der Waals surface area (Å²) in [5.74, 6) is 0.287. The third-order valence-electron chi connectivity index (χ3n) is 5.24. The van der Waals surface area contributed by atoms with E-state index in [2.05, 4.69) is 26.0 Å². The first-order valence-corrected chi connectivity index (χ1v) is 8.96. The van der Waals surface area contributed by atoms with Gasteiger partial charge in [-0.15, -0.1) is 0 Å². The third-order valence-corrected chi connectivity index (χ3v) is 5.49. The second-order valence-corrected chi connectivity index (χ2v) is 8.02. The number of halogens is 1. The highest BCUT2D eigenvalue weighted by molar-refractivity contribution is 6.30. The molecule has 0 bridgehead atoms. The Balaban J connectivity index is 1.89. The minimum absolute atomic E-state index is 0.147. The van der Waals surface area contributed by atoms with E-state index in [-0.39, 0.29) is 16.9 Å². The normalized spacial score (nSPS) is 27.2. The van der Waals surface area contributed by atoms with Gasteiger partial charge < -0.3 is 9.64 Å². The number of ether oxygens (including phenoxy) is 1. The molecule has 1 aromatic rings. The van der Waals surface area contributed by atoms with Gasteiger partial charge in [-0.05, 0) is 57.2 Å². The predicted octanol–water partition coefficient (Wildman–Crippen LogP) is 4.18. The fourth-order valence-electron chi connectivity index (χ4n) is 4.15. The summed E-state index contributed by atoms with van der Waals surface area (Å²) in [6, 6.07) is 8.03. The quantitative estimate of drug-likeness (QED) is 0.829. The van der Waals surface area contributed by atoms with Crippen molar-refractivity contribution in [1.29, 1.82) is 0 Å². The molecule has 3 rings (SSSR count). The van der Waals surface area contributed by atoms with E-state index >= 15 is 0 Å². The number of carbonyl (C=O) groups excluding carboxylic acids is 1. The van der Waals surface area contributed by atoms with Crippen LogP contribution in [0.1, 0.15) is 51.5 Å². The van der Waals surface area contributed by atoms with E-state index in [1.807, 2.05) is 17.0 Å². The summed E-state index contributed by atoms with van der Waals surface area (Å²) in [7, 11) is 0. The van der Waals surface area contributed by atoms with Crippen LogP contribution in [-0.2, 0) is 14.9 Å². The molecule has 2 aliphatic heterocycles. The van der Waals surface area contributed by atoms with Gasteiger partial charge in [-0.1, -0.05) is 23.7 Å². The molecule has 4 heteroatoms. The van der Waals surface area contributed by atoms with Crippen molar-refractivity contribution in [2.45, 2.75) is 57.0 Å². The number of carbonyl (C=O) groups is 1. The molecule has 3 nitrogen and oxygen atoms in total. The van der Waals surface area contributed by atoms with Crippen molar-refractivity contribution in [1.82, 2.24) is 4.90 Å². The molecule has 0 saturated carbocycles. The van der Waals surface area contributed by atoms with Gasteiger partial charge in [-0.3, -0.25) is 4.79 Å². The van der Waals surface area contributed by atoms with Crippen molar-refractivity contribution in [2.24, 2.45) is 0 Å². The summed E-state index contributed by atoms with van der Waals surface area (Å²) in [5, 5.41) is 0.737. The topological polar surface area (TPSA) is 29.5 Å². The van der Waals surface area contributed by atoms with Crippen molar-refractivity contribution < 1.29 is 9.53 Å². The second-order valence-electron chi connectivity index (χ2n) is 7.59. The maximum Gasteiger partial charge on any atom is 0.223 e. The highest BCUT2D eigenvalue weighted by atomic mass is 35.5. The molecule has 0 N–H and O–H groups in total. The van der Waals surface area contributed by atoms with Crippen LogP contribution in [0.25, 0.3) is 0 Å². The van der Waals surface area contributed by atoms with Crippen molar-refractivity contribution in [3.63, 3.8) is 0 Å². The SMILES string of the molecule is CC1(C)C[C@](CC(=O)N2CCCC2)(c2ccc(Cl)cc2)CCO1. The van der Waals surface area contributed by atoms with Gasteiger partial charge in [0.2, 0.25) is 5.91 Å². The summed E-state index contributed by atoms with van der Waals surface area (Å²) in [5.41, 5.74) is 0.862. The fourth-order valence-corrected chi connectivity index (χ4v) is 4.27. The molecule has 1 aromatic carbocycles. The van der Waals surface area contributed by atoms with E-state index in [0.29, 0.717) is 13.0 Å². The number of nitrogens with zero attached hydrogens (tertiary/aromatic N) is 1. The van der Waals surface area contributed by atoms with Gasteiger partial charge in [-0.25, -0.2) is 0 Å². The monoisotopic (exact) mass is 335 g/mol. The number of hydrogen-bond donors (Lipinski definition) is 0. The van der Waals surface area contributed by atoms with Crippen LogP contribution in [0.3, 0.4) is 0 Å². The fraction of sp³-hybridized carbons (Fsp3) is 0.632. The Morgan fingerprint density at radius 2 is 1.87 bits per heavy atom. The van der Waals surface area contributed by atoms with Crippen LogP contribution in [0.2, 0.25) is 5.02 Å². The number of hydrogen-bond acceptors (Lipinski definition) is 2. The van der Waals surface area contributed by atoms with Gasteiger partial charge in [0, 0.05) is 36.6 Å². The minimum Gasteiger partial charge on any atom is -0.376 e. The zero-order chi connectivity index (χ0) is 16.5. The van der Waals surface area contributed by atoms with Gasteiger partial charge >= 0.3 is 0 Å². The van der Waals surface area contributed by atoms with E-state index in [0.717, 1.165) is 43.8 Å². The van der Waals surface area contributed by atoms with Crippen LogP contribution in [0, 0.1) is 0 Å². The van der Waals surface area contributed by atoms with E-state index in [1.54, 1.807) is 0 Å². The number of likely N-dealkylation sites (tertiary alicyclic amines) is 1. The zero-order valence-corrected chi connectivity index (χ0v) is 14.9. The van der Waals surface area contributed by atoms with Crippen LogP contribution >= 0.6 is 11.6 Å². The lowest BCUT2D eigenvalue weighted by molar-refractivity contribution is -0.135. The molecule has 1 amide bonds. The summed E-state index contributed by atoms with van der Waals surface area (Å²) in [6.07, 6.45) is 4.59. The average Bonchev–Trinajstić information content (AvgIpc) is 3.01. The largest absolute Gasteiger partial charge is 0.376 e. The Kier molecular flexibility index (Phi) is 4.70. The van der Waals surface area contributed by atoms with E-state index < -0.39 is 0 Å². The molecule has 0 radical (unpaired) electrons. The van der Waals surface area contributed by atoms with Gasteiger partial charge in [0.05, 0.1) is 5.60 Å². The van der Waals surface area contributed by atoms with E-state index in [1.165, 1.54) is 5.56 Å². The average molecular weight is 336 g/mol. The maximum atomic E-state index is 12.8. The standard InChI is InChI=1S/C19H26ClNO2/c1-18(2)14-19(9-12-23-18,15-5-7-16(20)8-6-15)13-17(22)21-10-3-4-11-21/h5-8H,3-4,9-14H2,1-2H3/t19-/m0/s1. The number of rotatable bonds is 3. The van der Waals surface area contributed by atoms with Crippen molar-refractivity contribution >= 4 is 17.5 Å². The second kappa shape index (κ2) is 6.45. The first kappa shape index (κ1) is 16.8. The van der Waals surface area contributed by atoms with E-state index in [9.17, 15) is 4.79 Å². The minimum atomic E-state index is -0.205. The molecule has 0 aliphatic carbocycles. The molecule has 2 fully saturated rings. The molecule has 23 heavy (non-hydrogen) atoms. The lowest BCUT2D eigenvalue weighted by Gasteiger charge is -2.45. The maximum absolute atomic E-state index is 12.8. The Bertz CT molecular complexity index is 563. The molecule has 126 valence electrons. The molecule has 0 unspecified atom stereocenters. The van der Waals surface area contributed by atoms with Gasteiger partial charge in [-0.2, -0.15) is 0 Å². The molecule has 1 atom stereocenters. The molecule has 2 saturated heterocycles. The molecule has 0 spiro atoms. The highest BCUT2D eigenvalue weighted by Gasteiger charge is 2.44. The van der Waals surface area contributed by atoms with Gasteiger partial charge in [0.15, 0.2) is 0 Å². The van der Waals surface area contributed by atoms with Crippen LogP contribution in [0.4, 0.5) is 0 Å². The smallest absolute Gasteiger partial charge is 0.223 e. The molecular formula is C19H26ClNO2. The Morgan fingerprint density at radius 1 is 1.22 bits per heavy atom. The Labute approximate surface area is 144 Å². The first-order chi connectivity index (χ1) is 10.9. The zero-order valence-electron chi connectivity index (χ0n) is 14.1. The number of amides is 1. The van der Waals surface area contributed by atoms with Gasteiger partial charge in [0.1, 0.15) is 0 Å². The molecule has 2 heterocycles. The van der Waals surface area contributed by atoms with Crippen molar-refractivity contribution in [2.75, 3.05) is 19.7 Å². The van der Waals surface area contributed by atoms with Crippen molar-refractivity contribution in [3.8, 4) is 0 Å². The van der Waals surface area contributed by atoms with Crippen LogP contribution in [-0.4, -0.2) is 36.1 Å². The van der Waals surface area contributed by atoms with Crippen LogP contribution in [0.5, 0.6) is 0 Å². The number of benzene rings is 1. The highest BCUT2D eigenvalue weighted by Crippen LogP contribution is 2.44.